The molecule has 0 aliphatic rings. The van der Waals surface area contributed by atoms with Gasteiger partial charge in [-0.25, -0.2) is 0 Å². The second kappa shape index (κ2) is 4.93. The molecule has 0 spiro atoms. The van der Waals surface area contributed by atoms with Crippen LogP contribution in [0.5, 0.6) is 0 Å². The fourth-order valence-corrected chi connectivity index (χ4v) is 2.99. The maximum atomic E-state index is 5.69. The van der Waals surface area contributed by atoms with Crippen molar-refractivity contribution in [2.45, 2.75) is 20.3 Å². The van der Waals surface area contributed by atoms with Crippen LogP contribution in [0.25, 0.3) is 10.6 Å². The minimum Gasteiger partial charge on any atom is -0.143 e. The first-order valence-electron chi connectivity index (χ1n) is 5.17. The third kappa shape index (κ3) is 2.25. The second-order valence-corrected chi connectivity index (χ2v) is 5.15. The molecule has 2 nitrogen and oxygen atoms in total. The van der Waals surface area contributed by atoms with Crippen LogP contribution in [-0.2, 0) is 6.42 Å². The Morgan fingerprint density at radius 1 is 1.19 bits per heavy atom. The van der Waals surface area contributed by atoms with E-state index in [1.165, 1.54) is 16.7 Å². The molecule has 0 saturated carbocycles. The van der Waals surface area contributed by atoms with Crippen molar-refractivity contribution < 1.29 is 0 Å². The zero-order valence-electron chi connectivity index (χ0n) is 9.33. The lowest BCUT2D eigenvalue weighted by Gasteiger charge is -2.04. The van der Waals surface area contributed by atoms with Gasteiger partial charge >= 0.3 is 0 Å². The normalized spacial score (nSPS) is 10.7. The largest absolute Gasteiger partial charge is 0.148 e. The van der Waals surface area contributed by atoms with E-state index in [4.69, 9.17) is 11.6 Å². The average molecular weight is 253 g/mol. The van der Waals surface area contributed by atoms with Gasteiger partial charge in [-0.1, -0.05) is 29.5 Å². The van der Waals surface area contributed by atoms with Crippen LogP contribution in [0.4, 0.5) is 0 Å². The molecule has 0 aliphatic heterocycles. The standard InChI is InChI=1S/C12H13ClN2S/c1-8-4-3-5-9(2)11(8)12-15-14-10(16-12)6-7-13/h3-5H,6-7H2,1-2H3. The van der Waals surface area contributed by atoms with Gasteiger partial charge in [0.1, 0.15) is 10.0 Å². The van der Waals surface area contributed by atoms with Crippen LogP contribution >= 0.6 is 22.9 Å². The molecule has 0 atom stereocenters. The van der Waals surface area contributed by atoms with Gasteiger partial charge in [0.15, 0.2) is 0 Å². The Bertz CT molecular complexity index is 473. The minimum atomic E-state index is 0.599. The number of hydrogen-bond donors (Lipinski definition) is 0. The predicted molar refractivity (Wildman–Crippen MR) is 69.2 cm³/mol. The first-order chi connectivity index (χ1) is 7.72. The Labute approximate surface area is 104 Å². The van der Waals surface area contributed by atoms with Crippen molar-refractivity contribution in [3.63, 3.8) is 0 Å². The number of halogens is 1. The summed E-state index contributed by atoms with van der Waals surface area (Å²) in [7, 11) is 0. The highest BCUT2D eigenvalue weighted by atomic mass is 35.5. The molecule has 0 saturated heterocycles. The summed E-state index contributed by atoms with van der Waals surface area (Å²) in [6.45, 7) is 4.20. The Morgan fingerprint density at radius 3 is 2.50 bits per heavy atom. The zero-order valence-corrected chi connectivity index (χ0v) is 10.9. The van der Waals surface area contributed by atoms with Crippen LogP contribution < -0.4 is 0 Å². The smallest absolute Gasteiger partial charge is 0.143 e. The van der Waals surface area contributed by atoms with Crippen molar-refractivity contribution in [2.75, 3.05) is 5.88 Å². The highest BCUT2D eigenvalue weighted by molar-refractivity contribution is 7.14. The highest BCUT2D eigenvalue weighted by Crippen LogP contribution is 2.29. The summed E-state index contributed by atoms with van der Waals surface area (Å²) >= 11 is 7.32. The Morgan fingerprint density at radius 2 is 1.88 bits per heavy atom. The van der Waals surface area contributed by atoms with Crippen LogP contribution in [0.2, 0.25) is 0 Å². The van der Waals surface area contributed by atoms with E-state index in [2.05, 4.69) is 42.2 Å². The van der Waals surface area contributed by atoms with E-state index >= 15 is 0 Å². The van der Waals surface area contributed by atoms with Crippen molar-refractivity contribution >= 4 is 22.9 Å². The summed E-state index contributed by atoms with van der Waals surface area (Å²) in [6.07, 6.45) is 0.796. The molecule has 16 heavy (non-hydrogen) atoms. The summed E-state index contributed by atoms with van der Waals surface area (Å²) in [4.78, 5) is 0. The fraction of sp³-hybridized carbons (Fsp3) is 0.333. The molecule has 0 bridgehead atoms. The summed E-state index contributed by atoms with van der Waals surface area (Å²) in [6, 6.07) is 6.27. The number of aromatic nitrogens is 2. The molecular weight excluding hydrogens is 240 g/mol. The lowest BCUT2D eigenvalue weighted by atomic mass is 10.0. The topological polar surface area (TPSA) is 25.8 Å². The van der Waals surface area contributed by atoms with E-state index in [9.17, 15) is 0 Å². The Hall–Kier alpha value is -0.930. The zero-order chi connectivity index (χ0) is 11.5. The number of alkyl halides is 1. The minimum absolute atomic E-state index is 0.599. The van der Waals surface area contributed by atoms with Crippen LogP contribution in [0, 0.1) is 13.8 Å². The second-order valence-electron chi connectivity index (χ2n) is 3.71. The maximum Gasteiger partial charge on any atom is 0.148 e. The van der Waals surface area contributed by atoms with Crippen LogP contribution in [0.1, 0.15) is 16.1 Å². The predicted octanol–water partition coefficient (Wildman–Crippen LogP) is 3.60. The van der Waals surface area contributed by atoms with Gasteiger partial charge in [-0.2, -0.15) is 0 Å². The molecule has 0 amide bonds. The SMILES string of the molecule is Cc1cccc(C)c1-c1nnc(CCCl)s1. The van der Waals surface area contributed by atoms with Gasteiger partial charge in [-0.3, -0.25) is 0 Å². The molecule has 0 aliphatic carbocycles. The molecule has 1 aromatic heterocycles. The van der Waals surface area contributed by atoms with Gasteiger partial charge in [0, 0.05) is 17.9 Å². The fourth-order valence-electron chi connectivity index (χ4n) is 1.69. The molecule has 4 heteroatoms. The summed E-state index contributed by atoms with van der Waals surface area (Å²) in [5, 5.41) is 10.4. The van der Waals surface area contributed by atoms with Gasteiger partial charge in [0.05, 0.1) is 0 Å². The van der Waals surface area contributed by atoms with Crippen molar-refractivity contribution in [3.8, 4) is 10.6 Å². The lowest BCUT2D eigenvalue weighted by molar-refractivity contribution is 0.988. The van der Waals surface area contributed by atoms with Crippen LogP contribution in [0.3, 0.4) is 0 Å². The van der Waals surface area contributed by atoms with E-state index in [1.54, 1.807) is 11.3 Å². The van der Waals surface area contributed by atoms with Gasteiger partial charge in [-0.05, 0) is 25.0 Å². The average Bonchev–Trinajstić information content (AvgIpc) is 2.67. The van der Waals surface area contributed by atoms with Crippen molar-refractivity contribution in [1.82, 2.24) is 10.2 Å². The lowest BCUT2D eigenvalue weighted by Crippen LogP contribution is -1.86. The van der Waals surface area contributed by atoms with E-state index in [0.717, 1.165) is 16.4 Å². The van der Waals surface area contributed by atoms with Gasteiger partial charge < -0.3 is 0 Å². The third-order valence-electron chi connectivity index (χ3n) is 2.47. The van der Waals surface area contributed by atoms with E-state index in [1.807, 2.05) is 0 Å². The van der Waals surface area contributed by atoms with E-state index in [-0.39, 0.29) is 0 Å². The molecule has 1 aromatic carbocycles. The number of aryl methyl sites for hydroxylation is 3. The van der Waals surface area contributed by atoms with Crippen molar-refractivity contribution in [2.24, 2.45) is 0 Å². The molecule has 0 N–H and O–H groups in total. The van der Waals surface area contributed by atoms with E-state index < -0.39 is 0 Å². The first kappa shape index (κ1) is 11.6. The van der Waals surface area contributed by atoms with Crippen molar-refractivity contribution in [1.29, 1.82) is 0 Å². The van der Waals surface area contributed by atoms with E-state index in [0.29, 0.717) is 5.88 Å². The molecular formula is C12H13ClN2S. The number of rotatable bonds is 3. The summed E-state index contributed by atoms with van der Waals surface area (Å²) in [5.41, 5.74) is 3.70. The van der Waals surface area contributed by atoms with Gasteiger partial charge in [0.2, 0.25) is 0 Å². The first-order valence-corrected chi connectivity index (χ1v) is 6.52. The summed E-state index contributed by atoms with van der Waals surface area (Å²) < 4.78 is 0. The molecule has 0 fully saturated rings. The number of benzene rings is 1. The molecule has 0 unspecified atom stereocenters. The summed E-state index contributed by atoms with van der Waals surface area (Å²) in [5.74, 6) is 0.599. The van der Waals surface area contributed by atoms with Crippen LogP contribution in [0.15, 0.2) is 18.2 Å². The molecule has 2 aromatic rings. The van der Waals surface area contributed by atoms with Crippen LogP contribution in [-0.4, -0.2) is 16.1 Å². The molecule has 1 heterocycles. The van der Waals surface area contributed by atoms with Crippen molar-refractivity contribution in [3.05, 3.63) is 34.3 Å². The number of nitrogens with zero attached hydrogens (tertiary/aromatic N) is 2. The number of hydrogen-bond acceptors (Lipinski definition) is 3. The monoisotopic (exact) mass is 252 g/mol. The quantitative estimate of drug-likeness (QED) is 0.780. The van der Waals surface area contributed by atoms with Gasteiger partial charge in [0.25, 0.3) is 0 Å². The maximum absolute atomic E-state index is 5.69. The molecule has 2 rings (SSSR count). The molecule has 84 valence electrons. The Kier molecular flexibility index (Phi) is 3.56. The Balaban J connectivity index is 2.42. The molecule has 0 radical (unpaired) electrons. The van der Waals surface area contributed by atoms with Gasteiger partial charge in [-0.15, -0.1) is 21.8 Å². The third-order valence-corrected chi connectivity index (χ3v) is 3.66. The highest BCUT2D eigenvalue weighted by Gasteiger charge is 2.10.